The van der Waals surface area contributed by atoms with Crippen LogP contribution in [0.15, 0.2) is 110 Å². The standard InChI is InChI=1S/C32H24N4O4/c37-29(38)19-35-27(23-5-1-3-7-25(23)31(35)21-11-15-33-16-12-21)9-10-28-24-6-2-4-8-26(24)32(36(28)20-30(39)40)22-13-17-34-18-14-22/h1-18H,19-20H2,(H,37,38)(H,39,40)/b10-9+. The Morgan fingerprint density at radius 3 is 1.27 bits per heavy atom. The molecule has 8 nitrogen and oxygen atoms in total. The van der Waals surface area contributed by atoms with Gasteiger partial charge < -0.3 is 19.8 Å². The van der Waals surface area contributed by atoms with Crippen LogP contribution in [0.2, 0.25) is 0 Å². The molecule has 4 heterocycles. The lowest BCUT2D eigenvalue weighted by Gasteiger charge is -2.21. The van der Waals surface area contributed by atoms with Crippen LogP contribution in [0.5, 0.6) is 0 Å². The van der Waals surface area contributed by atoms with Crippen molar-refractivity contribution in [2.75, 3.05) is 13.1 Å². The predicted octanol–water partition coefficient (Wildman–Crippen LogP) is -4.44. The van der Waals surface area contributed by atoms with Gasteiger partial charge in [0.15, 0.2) is 11.4 Å². The quantitative estimate of drug-likeness (QED) is 0.239. The Labute approximate surface area is 229 Å². The van der Waals surface area contributed by atoms with Crippen molar-refractivity contribution in [1.82, 2.24) is 9.97 Å². The molecule has 6 rings (SSSR count). The minimum atomic E-state index is -1.18. The molecule has 2 unspecified atom stereocenters. The van der Waals surface area contributed by atoms with E-state index in [0.29, 0.717) is 9.80 Å². The van der Waals surface area contributed by atoms with Crippen molar-refractivity contribution in [3.63, 3.8) is 0 Å². The zero-order chi connectivity index (χ0) is 27.6. The highest BCUT2D eigenvalue weighted by Crippen LogP contribution is 2.10. The number of hydrogen-bond acceptors (Lipinski definition) is 6. The molecule has 2 atom stereocenters. The Bertz CT molecular complexity index is 1780. The van der Waals surface area contributed by atoms with Gasteiger partial charge in [-0.2, -0.15) is 0 Å². The first-order valence-corrected chi connectivity index (χ1v) is 12.8. The summed E-state index contributed by atoms with van der Waals surface area (Å²) in [5.41, 5.74) is 4.86. The van der Waals surface area contributed by atoms with Gasteiger partial charge >= 0.3 is 0 Å². The molecule has 2 aromatic heterocycles. The van der Waals surface area contributed by atoms with Gasteiger partial charge in [-0.1, -0.05) is 24.3 Å². The van der Waals surface area contributed by atoms with E-state index in [0.717, 1.165) is 54.8 Å². The number of carboxylic acid groups (broad SMARTS) is 2. The second-order valence-electron chi connectivity index (χ2n) is 9.53. The predicted molar refractivity (Wildman–Crippen MR) is 143 cm³/mol. The Kier molecular flexibility index (Phi) is 6.61. The molecular formula is C32H24N4O4. The van der Waals surface area contributed by atoms with E-state index in [2.05, 4.69) is 9.97 Å². The number of hydrogen-bond donors (Lipinski definition) is 2. The molecule has 0 saturated heterocycles. The number of nitrogens with one attached hydrogen (secondary N) is 2. The van der Waals surface area contributed by atoms with E-state index < -0.39 is 11.9 Å². The fourth-order valence-corrected chi connectivity index (χ4v) is 5.69. The molecule has 0 aliphatic carbocycles. The maximum Gasteiger partial charge on any atom is 0.152 e. The molecule has 40 heavy (non-hydrogen) atoms. The van der Waals surface area contributed by atoms with E-state index in [1.54, 1.807) is 24.8 Å². The summed E-state index contributed by atoms with van der Waals surface area (Å²) in [6.07, 6.45) is 10.5. The average Bonchev–Trinajstić information content (AvgIpc) is 3.43. The number of rotatable bonds is 8. The number of benzene rings is 2. The number of aromatic nitrogens is 2. The largest absolute Gasteiger partial charge is 0.544 e. The third kappa shape index (κ3) is 4.51. The maximum atomic E-state index is 11.9. The first-order chi connectivity index (χ1) is 19.5. The normalized spacial score (nSPS) is 17.8. The highest BCUT2D eigenvalue weighted by molar-refractivity contribution is 5.76. The van der Waals surface area contributed by atoms with Gasteiger partial charge in [0.2, 0.25) is 0 Å². The van der Waals surface area contributed by atoms with E-state index >= 15 is 0 Å². The number of quaternary nitrogens is 2. The third-order valence-corrected chi connectivity index (χ3v) is 7.22. The van der Waals surface area contributed by atoms with Crippen molar-refractivity contribution in [2.24, 2.45) is 0 Å². The van der Waals surface area contributed by atoms with Crippen LogP contribution in [-0.4, -0.2) is 35.0 Å². The molecule has 0 radical (unpaired) electrons. The second kappa shape index (κ2) is 10.5. The summed E-state index contributed by atoms with van der Waals surface area (Å²) in [6.45, 7) is -0.552. The molecule has 0 fully saturated rings. The van der Waals surface area contributed by atoms with Crippen molar-refractivity contribution < 1.29 is 29.6 Å². The fourth-order valence-electron chi connectivity index (χ4n) is 5.69. The smallest absolute Gasteiger partial charge is 0.152 e. The van der Waals surface area contributed by atoms with Gasteiger partial charge in [0, 0.05) is 68.9 Å². The SMILES string of the molecule is O=C([O-])C[NH+]1C(/C=C/C2=c3ccccc3=C(c3ccncc3)[NH+]2CC(=O)[O-])=c2ccccc2=C1c1ccncc1. The van der Waals surface area contributed by atoms with Gasteiger partial charge in [-0.25, -0.2) is 0 Å². The van der Waals surface area contributed by atoms with Gasteiger partial charge in [0.05, 0.1) is 11.9 Å². The van der Waals surface area contributed by atoms with E-state index in [4.69, 9.17) is 0 Å². The van der Waals surface area contributed by atoms with Crippen LogP contribution < -0.4 is 40.9 Å². The van der Waals surface area contributed by atoms with E-state index in [9.17, 15) is 19.8 Å². The topological polar surface area (TPSA) is 115 Å². The molecule has 8 heteroatoms. The van der Waals surface area contributed by atoms with Crippen LogP contribution in [0.25, 0.3) is 22.8 Å². The lowest BCUT2D eigenvalue weighted by molar-refractivity contribution is -0.739. The second-order valence-corrected chi connectivity index (χ2v) is 9.53. The van der Waals surface area contributed by atoms with E-state index in [-0.39, 0.29) is 13.1 Å². The van der Waals surface area contributed by atoms with Gasteiger partial charge in [0.25, 0.3) is 0 Å². The number of nitrogens with zero attached hydrogens (tertiary/aromatic N) is 2. The first kappa shape index (κ1) is 25.1. The number of carbonyl (C=O) groups is 2. The summed E-state index contributed by atoms with van der Waals surface area (Å²) in [7, 11) is 0. The van der Waals surface area contributed by atoms with Crippen molar-refractivity contribution >= 4 is 34.7 Å². The molecule has 196 valence electrons. The highest BCUT2D eigenvalue weighted by Gasteiger charge is 2.31. The Morgan fingerprint density at radius 2 is 0.925 bits per heavy atom. The number of pyridine rings is 2. The summed E-state index contributed by atoms with van der Waals surface area (Å²) in [6, 6.07) is 23.0. The molecular weight excluding hydrogens is 504 g/mol. The lowest BCUT2D eigenvalue weighted by Crippen LogP contribution is -3.08. The molecule has 2 aliphatic rings. The van der Waals surface area contributed by atoms with Crippen molar-refractivity contribution in [2.45, 2.75) is 0 Å². The van der Waals surface area contributed by atoms with E-state index in [1.807, 2.05) is 84.9 Å². The van der Waals surface area contributed by atoms with Gasteiger partial charge in [-0.3, -0.25) is 19.8 Å². The van der Waals surface area contributed by atoms with Crippen LogP contribution in [-0.2, 0) is 9.59 Å². The molecule has 2 aliphatic heterocycles. The Hall–Kier alpha value is -5.18. The van der Waals surface area contributed by atoms with Crippen molar-refractivity contribution in [1.29, 1.82) is 0 Å². The Morgan fingerprint density at radius 1 is 0.575 bits per heavy atom. The van der Waals surface area contributed by atoms with Crippen molar-refractivity contribution in [3.05, 3.63) is 142 Å². The van der Waals surface area contributed by atoms with Gasteiger partial charge in [0.1, 0.15) is 24.5 Å². The van der Waals surface area contributed by atoms with Crippen LogP contribution in [0, 0.1) is 0 Å². The minimum absolute atomic E-state index is 0.276. The summed E-state index contributed by atoms with van der Waals surface area (Å²) < 4.78 is 0. The first-order valence-electron chi connectivity index (χ1n) is 12.8. The third-order valence-electron chi connectivity index (χ3n) is 7.22. The molecule has 2 N–H and O–H groups in total. The average molecular weight is 529 g/mol. The van der Waals surface area contributed by atoms with Crippen LogP contribution in [0.1, 0.15) is 11.1 Å². The molecule has 4 aromatic rings. The summed E-state index contributed by atoms with van der Waals surface area (Å²) in [5, 5.41) is 27.5. The number of fused-ring (bicyclic) bond motifs is 2. The molecule has 0 bridgehead atoms. The number of aliphatic carboxylic acids is 2. The van der Waals surface area contributed by atoms with Gasteiger partial charge in [-0.15, -0.1) is 0 Å². The van der Waals surface area contributed by atoms with Crippen LogP contribution in [0.4, 0.5) is 0 Å². The number of carboxylic acids is 2. The summed E-state index contributed by atoms with van der Waals surface area (Å²) in [4.78, 5) is 33.4. The van der Waals surface area contributed by atoms with E-state index in [1.165, 1.54) is 0 Å². The fraction of sp³-hybridized carbons (Fsp3) is 0.0625. The molecule has 0 amide bonds. The Balaban J connectivity index is 1.56. The summed E-state index contributed by atoms with van der Waals surface area (Å²) in [5.74, 6) is -2.37. The molecule has 0 spiro atoms. The minimum Gasteiger partial charge on any atom is -0.544 e. The van der Waals surface area contributed by atoms with Gasteiger partial charge in [-0.05, 0) is 48.5 Å². The monoisotopic (exact) mass is 528 g/mol. The van der Waals surface area contributed by atoms with Crippen LogP contribution >= 0.6 is 0 Å². The molecule has 2 aromatic carbocycles. The lowest BCUT2D eigenvalue weighted by atomic mass is 10.1. The number of carbonyl (C=O) groups excluding carboxylic acids is 2. The zero-order valence-corrected chi connectivity index (χ0v) is 21.3. The van der Waals surface area contributed by atoms with Crippen molar-refractivity contribution in [3.8, 4) is 0 Å². The zero-order valence-electron chi connectivity index (χ0n) is 21.3. The molecule has 0 saturated carbocycles. The van der Waals surface area contributed by atoms with Crippen LogP contribution in [0.3, 0.4) is 0 Å². The highest BCUT2D eigenvalue weighted by atomic mass is 16.4. The maximum absolute atomic E-state index is 11.9. The summed E-state index contributed by atoms with van der Waals surface area (Å²) >= 11 is 0.